The highest BCUT2D eigenvalue weighted by Crippen LogP contribution is 2.47. The first-order valence-corrected chi connectivity index (χ1v) is 7.28. The maximum atomic E-state index is 12.0. The van der Waals surface area contributed by atoms with Crippen molar-refractivity contribution >= 4 is 5.91 Å². The zero-order chi connectivity index (χ0) is 14.4. The van der Waals surface area contributed by atoms with Gasteiger partial charge in [-0.2, -0.15) is 0 Å². The van der Waals surface area contributed by atoms with Gasteiger partial charge in [0, 0.05) is 19.1 Å². The Labute approximate surface area is 120 Å². The first-order chi connectivity index (χ1) is 9.76. The van der Waals surface area contributed by atoms with E-state index in [4.69, 9.17) is 9.84 Å². The quantitative estimate of drug-likeness (QED) is 0.715. The molecule has 0 saturated heterocycles. The summed E-state index contributed by atoms with van der Waals surface area (Å²) < 4.78 is 5.13. The van der Waals surface area contributed by atoms with Gasteiger partial charge in [-0.05, 0) is 49.3 Å². The molecule has 2 N–H and O–H groups in total. The maximum Gasteiger partial charge on any atom is 0.223 e. The van der Waals surface area contributed by atoms with E-state index in [1.807, 2.05) is 24.3 Å². The van der Waals surface area contributed by atoms with Crippen LogP contribution in [-0.2, 0) is 4.79 Å². The number of carbonyl (C=O) groups is 1. The number of methoxy groups -OCH3 is 1. The molecule has 20 heavy (non-hydrogen) atoms. The topological polar surface area (TPSA) is 58.6 Å². The fraction of sp³-hybridized carbons (Fsp3) is 0.562. The summed E-state index contributed by atoms with van der Waals surface area (Å²) in [5.74, 6) is 1.49. The highest BCUT2D eigenvalue weighted by atomic mass is 16.5. The van der Waals surface area contributed by atoms with Crippen molar-refractivity contribution < 1.29 is 14.6 Å². The molecule has 2 unspecified atom stereocenters. The number of aliphatic hydroxyl groups excluding tert-OH is 1. The fourth-order valence-corrected chi connectivity index (χ4v) is 2.46. The van der Waals surface area contributed by atoms with E-state index in [9.17, 15) is 4.79 Å². The molecule has 0 spiro atoms. The average molecular weight is 277 g/mol. The van der Waals surface area contributed by atoms with Gasteiger partial charge in [-0.25, -0.2) is 0 Å². The Kier molecular flexibility index (Phi) is 5.41. The monoisotopic (exact) mass is 277 g/mol. The van der Waals surface area contributed by atoms with Crippen LogP contribution in [0.2, 0.25) is 0 Å². The zero-order valence-corrected chi connectivity index (χ0v) is 12.0. The summed E-state index contributed by atoms with van der Waals surface area (Å²) in [6.07, 6.45) is 3.65. The molecule has 0 radical (unpaired) electrons. The number of ether oxygens (including phenoxy) is 1. The lowest BCUT2D eigenvalue weighted by molar-refractivity contribution is -0.122. The molecule has 1 aliphatic carbocycles. The van der Waals surface area contributed by atoms with Crippen molar-refractivity contribution in [3.63, 3.8) is 0 Å². The van der Waals surface area contributed by atoms with Crippen LogP contribution in [0.4, 0.5) is 0 Å². The molecule has 0 aromatic heterocycles. The Morgan fingerprint density at radius 2 is 2.05 bits per heavy atom. The molecule has 4 nitrogen and oxygen atoms in total. The standard InChI is InChI=1S/C16H23NO3/c1-20-13-7-5-12(6-8-13)14-11-15(14)16(19)17-9-3-2-4-10-18/h5-8,14-15,18H,2-4,9-11H2,1H3,(H,17,19). The van der Waals surface area contributed by atoms with E-state index < -0.39 is 0 Å². The molecule has 1 amide bonds. The first kappa shape index (κ1) is 14.9. The highest BCUT2D eigenvalue weighted by Gasteiger charge is 2.43. The van der Waals surface area contributed by atoms with Gasteiger partial charge in [0.2, 0.25) is 5.91 Å². The third kappa shape index (κ3) is 3.97. The second kappa shape index (κ2) is 7.29. The summed E-state index contributed by atoms with van der Waals surface area (Å²) in [5, 5.41) is 11.7. The van der Waals surface area contributed by atoms with Crippen LogP contribution in [-0.4, -0.2) is 31.3 Å². The lowest BCUT2D eigenvalue weighted by Gasteiger charge is -2.05. The van der Waals surface area contributed by atoms with Crippen LogP contribution < -0.4 is 10.1 Å². The first-order valence-electron chi connectivity index (χ1n) is 7.28. The largest absolute Gasteiger partial charge is 0.497 e. The Bertz CT molecular complexity index is 430. The van der Waals surface area contributed by atoms with Gasteiger partial charge in [0.25, 0.3) is 0 Å². The van der Waals surface area contributed by atoms with Crippen molar-refractivity contribution in [1.82, 2.24) is 5.32 Å². The van der Waals surface area contributed by atoms with E-state index in [1.54, 1.807) is 7.11 Å². The number of amides is 1. The van der Waals surface area contributed by atoms with E-state index in [-0.39, 0.29) is 18.4 Å². The summed E-state index contributed by atoms with van der Waals surface area (Å²) in [7, 11) is 1.65. The number of rotatable bonds is 8. The van der Waals surface area contributed by atoms with Gasteiger partial charge in [-0.15, -0.1) is 0 Å². The third-order valence-electron chi connectivity index (χ3n) is 3.81. The van der Waals surface area contributed by atoms with E-state index >= 15 is 0 Å². The summed E-state index contributed by atoms with van der Waals surface area (Å²) in [4.78, 5) is 12.0. The molecule has 110 valence electrons. The lowest BCUT2D eigenvalue weighted by Crippen LogP contribution is -2.26. The maximum absolute atomic E-state index is 12.0. The smallest absolute Gasteiger partial charge is 0.223 e. The van der Waals surface area contributed by atoms with E-state index in [0.717, 1.165) is 31.4 Å². The molecule has 4 heteroatoms. The number of hydrogen-bond donors (Lipinski definition) is 2. The van der Waals surface area contributed by atoms with Gasteiger partial charge in [-0.1, -0.05) is 12.1 Å². The van der Waals surface area contributed by atoms with E-state index in [1.165, 1.54) is 5.56 Å². The summed E-state index contributed by atoms with van der Waals surface area (Å²) in [6, 6.07) is 7.96. The Morgan fingerprint density at radius 1 is 1.30 bits per heavy atom. The Balaban J connectivity index is 1.71. The highest BCUT2D eigenvalue weighted by molar-refractivity contribution is 5.82. The number of hydrogen-bond acceptors (Lipinski definition) is 3. The van der Waals surface area contributed by atoms with Crippen molar-refractivity contribution in [2.24, 2.45) is 5.92 Å². The molecule has 1 aromatic rings. The van der Waals surface area contributed by atoms with Crippen molar-refractivity contribution in [2.75, 3.05) is 20.3 Å². The minimum atomic E-state index is 0.126. The molecule has 1 aliphatic rings. The molecule has 0 aliphatic heterocycles. The number of aliphatic hydroxyl groups is 1. The molecular weight excluding hydrogens is 254 g/mol. The fourth-order valence-electron chi connectivity index (χ4n) is 2.46. The van der Waals surface area contributed by atoms with Crippen molar-refractivity contribution in [1.29, 1.82) is 0 Å². The van der Waals surface area contributed by atoms with Gasteiger partial charge in [0.1, 0.15) is 5.75 Å². The van der Waals surface area contributed by atoms with E-state index in [2.05, 4.69) is 5.32 Å². The minimum Gasteiger partial charge on any atom is -0.497 e. The molecular formula is C16H23NO3. The third-order valence-corrected chi connectivity index (χ3v) is 3.81. The van der Waals surface area contributed by atoms with Gasteiger partial charge >= 0.3 is 0 Å². The SMILES string of the molecule is COc1ccc(C2CC2C(=O)NCCCCCO)cc1. The van der Waals surface area contributed by atoms with Crippen LogP contribution in [0.1, 0.15) is 37.2 Å². The number of carbonyl (C=O) groups excluding carboxylic acids is 1. The molecule has 2 atom stereocenters. The predicted molar refractivity (Wildman–Crippen MR) is 77.8 cm³/mol. The molecule has 0 bridgehead atoms. The van der Waals surface area contributed by atoms with E-state index in [0.29, 0.717) is 12.5 Å². The summed E-state index contributed by atoms with van der Waals surface area (Å²) in [5.41, 5.74) is 1.21. The van der Waals surface area contributed by atoms with Crippen LogP contribution in [0.5, 0.6) is 5.75 Å². The second-order valence-corrected chi connectivity index (χ2v) is 5.30. The van der Waals surface area contributed by atoms with Crippen LogP contribution in [0.25, 0.3) is 0 Å². The van der Waals surface area contributed by atoms with Crippen LogP contribution in [0.3, 0.4) is 0 Å². The predicted octanol–water partition coefficient (Wildman–Crippen LogP) is 2.08. The number of benzene rings is 1. The van der Waals surface area contributed by atoms with Gasteiger partial charge < -0.3 is 15.2 Å². The summed E-state index contributed by atoms with van der Waals surface area (Å²) >= 11 is 0. The number of unbranched alkanes of at least 4 members (excludes halogenated alkanes) is 2. The second-order valence-electron chi connectivity index (χ2n) is 5.30. The average Bonchev–Trinajstić information content (AvgIpc) is 3.27. The lowest BCUT2D eigenvalue weighted by atomic mass is 10.1. The van der Waals surface area contributed by atoms with Crippen LogP contribution in [0.15, 0.2) is 24.3 Å². The normalized spacial score (nSPS) is 20.5. The molecule has 1 aromatic carbocycles. The molecule has 1 fully saturated rings. The van der Waals surface area contributed by atoms with Gasteiger partial charge in [-0.3, -0.25) is 4.79 Å². The van der Waals surface area contributed by atoms with Crippen molar-refractivity contribution in [3.05, 3.63) is 29.8 Å². The van der Waals surface area contributed by atoms with Crippen LogP contribution >= 0.6 is 0 Å². The summed E-state index contributed by atoms with van der Waals surface area (Å²) in [6.45, 7) is 0.945. The minimum absolute atomic E-state index is 0.126. The Hall–Kier alpha value is -1.55. The molecule has 0 heterocycles. The van der Waals surface area contributed by atoms with Crippen LogP contribution in [0, 0.1) is 5.92 Å². The number of nitrogens with one attached hydrogen (secondary N) is 1. The molecule has 2 rings (SSSR count). The zero-order valence-electron chi connectivity index (χ0n) is 12.0. The van der Waals surface area contributed by atoms with Gasteiger partial charge in [0.15, 0.2) is 0 Å². The van der Waals surface area contributed by atoms with Crippen molar-refractivity contribution in [3.8, 4) is 5.75 Å². The van der Waals surface area contributed by atoms with Crippen molar-refractivity contribution in [2.45, 2.75) is 31.6 Å². The Morgan fingerprint density at radius 3 is 2.70 bits per heavy atom. The molecule has 1 saturated carbocycles. The van der Waals surface area contributed by atoms with Gasteiger partial charge in [0.05, 0.1) is 7.11 Å².